The zero-order chi connectivity index (χ0) is 20.0. The Morgan fingerprint density at radius 2 is 1.97 bits per heavy atom. The van der Waals surface area contributed by atoms with E-state index in [-0.39, 0.29) is 12.2 Å². The smallest absolute Gasteiger partial charge is 0.164 e. The van der Waals surface area contributed by atoms with Crippen molar-refractivity contribution in [3.63, 3.8) is 0 Å². The number of hydrogen-bond acceptors (Lipinski definition) is 5. The van der Waals surface area contributed by atoms with Crippen molar-refractivity contribution < 1.29 is 9.84 Å². The molecule has 0 radical (unpaired) electrons. The van der Waals surface area contributed by atoms with Gasteiger partial charge in [-0.3, -0.25) is 4.40 Å². The summed E-state index contributed by atoms with van der Waals surface area (Å²) in [6, 6.07) is 9.48. The molecule has 3 heterocycles. The van der Waals surface area contributed by atoms with Crippen LogP contribution < -0.4 is 4.74 Å². The van der Waals surface area contributed by atoms with Crippen molar-refractivity contribution in [2.24, 2.45) is 0 Å². The molecule has 3 aromatic heterocycles. The largest absolute Gasteiger partial charge is 0.490 e. The van der Waals surface area contributed by atoms with Gasteiger partial charge in [-0.15, -0.1) is 0 Å². The van der Waals surface area contributed by atoms with Crippen LogP contribution in [0.1, 0.15) is 31.4 Å². The second-order valence-corrected chi connectivity index (χ2v) is 7.94. The van der Waals surface area contributed by atoms with E-state index in [9.17, 15) is 5.11 Å². The number of nitrogens with zero attached hydrogens (tertiary/aromatic N) is 4. The first kappa shape index (κ1) is 18.3. The Morgan fingerprint density at radius 1 is 1.14 bits per heavy atom. The Kier molecular flexibility index (Phi) is 4.60. The fourth-order valence-electron chi connectivity index (χ4n) is 4.00. The number of aliphatic hydroxyl groups excluding tert-OH is 1. The predicted octanol–water partition coefficient (Wildman–Crippen LogP) is 4.59. The molecule has 1 N–H and O–H groups in total. The predicted molar refractivity (Wildman–Crippen MR) is 112 cm³/mol. The van der Waals surface area contributed by atoms with E-state index in [0.29, 0.717) is 10.8 Å². The standard InChI is InChI=1S/C22H21ClN4O2/c1-13-20-12-25-21(27(20)22-19(26-13)3-2-10-24-22)17-11-16(8-9-18(17)23)29-15-6-4-14(28)5-7-15/h2-3,8-12,14-15,28H,4-7H2,1H3. The Labute approximate surface area is 173 Å². The highest BCUT2D eigenvalue weighted by atomic mass is 35.5. The summed E-state index contributed by atoms with van der Waals surface area (Å²) < 4.78 is 8.19. The highest BCUT2D eigenvalue weighted by molar-refractivity contribution is 6.33. The summed E-state index contributed by atoms with van der Waals surface area (Å²) in [5.41, 5.74) is 4.12. The molecule has 0 bridgehead atoms. The molecule has 1 fully saturated rings. The molecule has 1 aliphatic rings. The van der Waals surface area contributed by atoms with Crippen LogP contribution >= 0.6 is 11.6 Å². The fourth-order valence-corrected chi connectivity index (χ4v) is 4.20. The van der Waals surface area contributed by atoms with E-state index in [4.69, 9.17) is 16.3 Å². The van der Waals surface area contributed by atoms with Gasteiger partial charge in [0, 0.05) is 11.8 Å². The number of hydrogen-bond donors (Lipinski definition) is 1. The van der Waals surface area contributed by atoms with Gasteiger partial charge in [-0.2, -0.15) is 0 Å². The molecule has 0 amide bonds. The van der Waals surface area contributed by atoms with Crippen LogP contribution in [0.5, 0.6) is 5.75 Å². The molecule has 0 aliphatic heterocycles. The van der Waals surface area contributed by atoms with Gasteiger partial charge in [0.15, 0.2) is 5.65 Å². The van der Waals surface area contributed by atoms with Crippen LogP contribution in [0.15, 0.2) is 42.7 Å². The van der Waals surface area contributed by atoms with Gasteiger partial charge < -0.3 is 9.84 Å². The van der Waals surface area contributed by atoms with Crippen LogP contribution in [0.25, 0.3) is 28.1 Å². The van der Waals surface area contributed by atoms with Gasteiger partial charge in [0.05, 0.1) is 34.6 Å². The molecule has 6 nitrogen and oxygen atoms in total. The van der Waals surface area contributed by atoms with Gasteiger partial charge >= 0.3 is 0 Å². The summed E-state index contributed by atoms with van der Waals surface area (Å²) >= 11 is 6.56. The van der Waals surface area contributed by atoms with Gasteiger partial charge in [0.2, 0.25) is 0 Å². The lowest BCUT2D eigenvalue weighted by atomic mass is 9.95. The second kappa shape index (κ2) is 7.28. The SMILES string of the molecule is Cc1nc2cccnc2n2c(-c3cc(OC4CCC(O)CC4)ccc3Cl)ncc12. The number of aliphatic hydroxyl groups is 1. The molecule has 1 aliphatic carbocycles. The Morgan fingerprint density at radius 3 is 2.79 bits per heavy atom. The maximum atomic E-state index is 9.71. The maximum absolute atomic E-state index is 9.71. The quantitative estimate of drug-likeness (QED) is 0.536. The maximum Gasteiger partial charge on any atom is 0.164 e. The summed E-state index contributed by atoms with van der Waals surface area (Å²) in [6.07, 6.45) is 6.72. The summed E-state index contributed by atoms with van der Waals surface area (Å²) in [4.78, 5) is 13.8. The Bertz CT molecular complexity index is 1200. The zero-order valence-corrected chi connectivity index (χ0v) is 16.8. The number of aryl methyl sites for hydroxylation is 1. The Hall–Kier alpha value is -2.70. The van der Waals surface area contributed by atoms with E-state index in [2.05, 4.69) is 15.0 Å². The van der Waals surface area contributed by atoms with Crippen molar-refractivity contribution in [3.8, 4) is 17.1 Å². The van der Waals surface area contributed by atoms with Crippen LogP contribution in [0.3, 0.4) is 0 Å². The fraction of sp³-hybridized carbons (Fsp3) is 0.318. The highest BCUT2D eigenvalue weighted by Gasteiger charge is 2.22. The van der Waals surface area contributed by atoms with Gasteiger partial charge in [-0.05, 0) is 62.9 Å². The summed E-state index contributed by atoms with van der Waals surface area (Å²) in [7, 11) is 0. The van der Waals surface area contributed by atoms with Crippen LogP contribution in [-0.4, -0.2) is 36.7 Å². The van der Waals surface area contributed by atoms with E-state index >= 15 is 0 Å². The van der Waals surface area contributed by atoms with Crippen molar-refractivity contribution in [1.29, 1.82) is 0 Å². The number of fused-ring (bicyclic) bond motifs is 3. The minimum Gasteiger partial charge on any atom is -0.490 e. The van der Waals surface area contributed by atoms with Crippen molar-refractivity contribution in [2.45, 2.75) is 44.8 Å². The summed E-state index contributed by atoms with van der Waals surface area (Å²) in [5, 5.41) is 10.3. The molecule has 1 saturated carbocycles. The first-order valence-electron chi connectivity index (χ1n) is 9.83. The number of imidazole rings is 1. The molecular formula is C22H21ClN4O2. The molecular weight excluding hydrogens is 388 g/mol. The molecule has 0 spiro atoms. The lowest BCUT2D eigenvalue weighted by molar-refractivity contribution is 0.0666. The molecule has 29 heavy (non-hydrogen) atoms. The molecule has 0 atom stereocenters. The number of aromatic nitrogens is 4. The van der Waals surface area contributed by atoms with Crippen LogP contribution in [0.4, 0.5) is 0 Å². The van der Waals surface area contributed by atoms with E-state index in [1.165, 1.54) is 0 Å². The van der Waals surface area contributed by atoms with E-state index in [1.807, 2.05) is 41.7 Å². The molecule has 5 rings (SSSR count). The molecule has 0 unspecified atom stereocenters. The highest BCUT2D eigenvalue weighted by Crippen LogP contribution is 2.34. The average Bonchev–Trinajstić information content (AvgIpc) is 3.17. The third kappa shape index (κ3) is 3.32. The molecule has 1 aromatic carbocycles. The number of ether oxygens (including phenoxy) is 1. The van der Waals surface area contributed by atoms with E-state index < -0.39 is 0 Å². The first-order chi connectivity index (χ1) is 14.1. The zero-order valence-electron chi connectivity index (χ0n) is 16.0. The second-order valence-electron chi connectivity index (χ2n) is 7.54. The van der Waals surface area contributed by atoms with Crippen molar-refractivity contribution >= 4 is 28.3 Å². The van der Waals surface area contributed by atoms with Crippen molar-refractivity contribution in [3.05, 3.63) is 53.4 Å². The molecule has 148 valence electrons. The number of halogens is 1. The van der Waals surface area contributed by atoms with Gasteiger partial charge in [-0.25, -0.2) is 15.0 Å². The van der Waals surface area contributed by atoms with Gasteiger partial charge in [-0.1, -0.05) is 11.6 Å². The minimum absolute atomic E-state index is 0.110. The lowest BCUT2D eigenvalue weighted by Crippen LogP contribution is -2.26. The lowest BCUT2D eigenvalue weighted by Gasteiger charge is -2.26. The topological polar surface area (TPSA) is 72.5 Å². The molecule has 7 heteroatoms. The third-order valence-corrected chi connectivity index (χ3v) is 5.85. The molecule has 0 saturated heterocycles. The minimum atomic E-state index is -0.204. The number of pyridine rings is 1. The summed E-state index contributed by atoms with van der Waals surface area (Å²) in [6.45, 7) is 1.96. The number of benzene rings is 1. The van der Waals surface area contributed by atoms with Gasteiger partial charge in [0.25, 0.3) is 0 Å². The number of rotatable bonds is 3. The van der Waals surface area contributed by atoms with E-state index in [1.54, 1.807) is 12.4 Å². The van der Waals surface area contributed by atoms with Crippen molar-refractivity contribution in [1.82, 2.24) is 19.4 Å². The first-order valence-corrected chi connectivity index (χ1v) is 10.2. The average molecular weight is 409 g/mol. The van der Waals surface area contributed by atoms with Crippen LogP contribution in [-0.2, 0) is 0 Å². The summed E-state index contributed by atoms with van der Waals surface area (Å²) in [5.74, 6) is 1.47. The van der Waals surface area contributed by atoms with Crippen molar-refractivity contribution in [2.75, 3.05) is 0 Å². The molecule has 4 aromatic rings. The van der Waals surface area contributed by atoms with Crippen LogP contribution in [0.2, 0.25) is 5.02 Å². The third-order valence-electron chi connectivity index (χ3n) is 5.52. The Balaban J connectivity index is 1.60. The normalized spacial score (nSPS) is 19.7. The van der Waals surface area contributed by atoms with E-state index in [0.717, 1.165) is 59.4 Å². The monoisotopic (exact) mass is 408 g/mol. The van der Waals surface area contributed by atoms with Gasteiger partial charge in [0.1, 0.15) is 17.1 Å². The van der Waals surface area contributed by atoms with Crippen LogP contribution in [0, 0.1) is 6.92 Å².